The highest BCUT2D eigenvalue weighted by atomic mass is 79.9. The lowest BCUT2D eigenvalue weighted by molar-refractivity contribution is 0.413. The summed E-state index contributed by atoms with van der Waals surface area (Å²) in [5.74, 6) is 1.60. The van der Waals surface area contributed by atoms with Gasteiger partial charge in [-0.15, -0.1) is 0 Å². The maximum Gasteiger partial charge on any atom is 0.119 e. The van der Waals surface area contributed by atoms with Gasteiger partial charge < -0.3 is 10.1 Å². The quantitative estimate of drug-likeness (QED) is 0.820. The maximum absolute atomic E-state index is 5.27. The number of ether oxygens (including phenoxy) is 1. The van der Waals surface area contributed by atoms with Crippen LogP contribution in [0.2, 0.25) is 0 Å². The van der Waals surface area contributed by atoms with Crippen LogP contribution in [0.25, 0.3) is 0 Å². The van der Waals surface area contributed by atoms with Gasteiger partial charge in [0.15, 0.2) is 0 Å². The first-order valence-electron chi connectivity index (χ1n) is 6.58. The third-order valence-electron chi connectivity index (χ3n) is 3.01. The highest BCUT2D eigenvalue weighted by Crippen LogP contribution is 2.25. The van der Waals surface area contributed by atoms with E-state index in [0.29, 0.717) is 12.0 Å². The molecule has 1 unspecified atom stereocenters. The van der Waals surface area contributed by atoms with E-state index in [-0.39, 0.29) is 0 Å². The molecule has 1 aromatic rings. The minimum atomic E-state index is 0.570. The summed E-state index contributed by atoms with van der Waals surface area (Å²) in [6, 6.07) is 6.74. The zero-order valence-electron chi connectivity index (χ0n) is 11.8. The molecule has 1 aromatic carbocycles. The molecule has 0 saturated carbocycles. The molecule has 0 spiro atoms. The molecule has 3 heteroatoms. The molecule has 18 heavy (non-hydrogen) atoms. The van der Waals surface area contributed by atoms with E-state index in [4.69, 9.17) is 4.74 Å². The normalized spacial score (nSPS) is 12.8. The van der Waals surface area contributed by atoms with Gasteiger partial charge in [0.05, 0.1) is 7.11 Å². The first kappa shape index (κ1) is 15.5. The molecule has 1 N–H and O–H groups in total. The standard InChI is InChI=1S/C15H24BrNO/c1-11(2)17-8-7-12(3)9-13-10-14(18-4)5-6-15(13)16/h5-6,10-12,17H,7-9H2,1-4H3. The Morgan fingerprint density at radius 3 is 2.61 bits per heavy atom. The fourth-order valence-electron chi connectivity index (χ4n) is 1.93. The summed E-state index contributed by atoms with van der Waals surface area (Å²) in [4.78, 5) is 0. The molecular formula is C15H24BrNO. The van der Waals surface area contributed by atoms with Gasteiger partial charge in [-0.3, -0.25) is 0 Å². The van der Waals surface area contributed by atoms with Crippen molar-refractivity contribution in [2.24, 2.45) is 5.92 Å². The molecule has 1 atom stereocenters. The third kappa shape index (κ3) is 5.40. The van der Waals surface area contributed by atoms with Gasteiger partial charge in [0.2, 0.25) is 0 Å². The summed E-state index contributed by atoms with van der Waals surface area (Å²) in [6.07, 6.45) is 2.28. The van der Waals surface area contributed by atoms with E-state index in [9.17, 15) is 0 Å². The molecular weight excluding hydrogens is 290 g/mol. The van der Waals surface area contributed by atoms with Crippen LogP contribution in [0, 0.1) is 5.92 Å². The summed E-state index contributed by atoms with van der Waals surface area (Å²) < 4.78 is 6.44. The van der Waals surface area contributed by atoms with E-state index >= 15 is 0 Å². The Kier molecular flexibility index (Phi) is 6.72. The SMILES string of the molecule is COc1ccc(Br)c(CC(C)CCNC(C)C)c1. The second kappa shape index (κ2) is 7.80. The van der Waals surface area contributed by atoms with E-state index in [1.54, 1.807) is 7.11 Å². The van der Waals surface area contributed by atoms with Gasteiger partial charge in [0.1, 0.15) is 5.75 Å². The average molecular weight is 314 g/mol. The van der Waals surface area contributed by atoms with Gasteiger partial charge in [-0.05, 0) is 49.1 Å². The van der Waals surface area contributed by atoms with Crippen molar-refractivity contribution >= 4 is 15.9 Å². The molecule has 0 saturated heterocycles. The maximum atomic E-state index is 5.27. The van der Waals surface area contributed by atoms with Crippen LogP contribution < -0.4 is 10.1 Å². The summed E-state index contributed by atoms with van der Waals surface area (Å²) >= 11 is 3.61. The second-order valence-corrected chi connectivity index (χ2v) is 6.02. The molecule has 0 radical (unpaired) electrons. The molecule has 0 fully saturated rings. The lowest BCUT2D eigenvalue weighted by Gasteiger charge is -2.15. The first-order valence-corrected chi connectivity index (χ1v) is 7.38. The van der Waals surface area contributed by atoms with Gasteiger partial charge in [-0.1, -0.05) is 36.7 Å². The number of rotatable bonds is 7. The van der Waals surface area contributed by atoms with Gasteiger partial charge in [0, 0.05) is 10.5 Å². The predicted molar refractivity (Wildman–Crippen MR) is 81.3 cm³/mol. The van der Waals surface area contributed by atoms with E-state index in [1.807, 2.05) is 6.07 Å². The fourth-order valence-corrected chi connectivity index (χ4v) is 2.34. The molecule has 0 aliphatic carbocycles. The molecule has 0 aliphatic heterocycles. The Hall–Kier alpha value is -0.540. The van der Waals surface area contributed by atoms with Crippen LogP contribution in [0.3, 0.4) is 0 Å². The minimum Gasteiger partial charge on any atom is -0.497 e. The highest BCUT2D eigenvalue weighted by Gasteiger charge is 2.08. The van der Waals surface area contributed by atoms with Crippen molar-refractivity contribution in [1.82, 2.24) is 5.32 Å². The van der Waals surface area contributed by atoms with E-state index in [0.717, 1.165) is 18.7 Å². The van der Waals surface area contributed by atoms with Crippen molar-refractivity contribution in [3.8, 4) is 5.75 Å². The number of benzene rings is 1. The van der Waals surface area contributed by atoms with E-state index in [1.165, 1.54) is 16.5 Å². The lowest BCUT2D eigenvalue weighted by atomic mass is 9.98. The monoisotopic (exact) mass is 313 g/mol. The van der Waals surface area contributed by atoms with Crippen LogP contribution in [0.4, 0.5) is 0 Å². The van der Waals surface area contributed by atoms with Crippen LogP contribution in [-0.4, -0.2) is 19.7 Å². The highest BCUT2D eigenvalue weighted by molar-refractivity contribution is 9.10. The first-order chi connectivity index (χ1) is 8.52. The van der Waals surface area contributed by atoms with Crippen LogP contribution in [-0.2, 0) is 6.42 Å². The largest absolute Gasteiger partial charge is 0.497 e. The van der Waals surface area contributed by atoms with Crippen molar-refractivity contribution in [1.29, 1.82) is 0 Å². The van der Waals surface area contributed by atoms with Crippen LogP contribution in [0.5, 0.6) is 5.75 Å². The van der Waals surface area contributed by atoms with Gasteiger partial charge in [-0.2, -0.15) is 0 Å². The zero-order valence-corrected chi connectivity index (χ0v) is 13.4. The van der Waals surface area contributed by atoms with Crippen molar-refractivity contribution in [3.05, 3.63) is 28.2 Å². The molecule has 1 rings (SSSR count). The van der Waals surface area contributed by atoms with Crippen LogP contribution >= 0.6 is 15.9 Å². The lowest BCUT2D eigenvalue weighted by Crippen LogP contribution is -2.25. The Bertz CT molecular complexity index is 366. The number of methoxy groups -OCH3 is 1. The summed E-state index contributed by atoms with van der Waals surface area (Å²) in [7, 11) is 1.71. The smallest absolute Gasteiger partial charge is 0.119 e. The van der Waals surface area contributed by atoms with Crippen LogP contribution in [0.1, 0.15) is 32.8 Å². The molecule has 0 bridgehead atoms. The summed E-state index contributed by atoms with van der Waals surface area (Å²) in [5.41, 5.74) is 1.33. The Labute approximate surface area is 119 Å². The molecule has 2 nitrogen and oxygen atoms in total. The number of halogens is 1. The number of nitrogens with one attached hydrogen (secondary N) is 1. The molecule has 0 aromatic heterocycles. The Balaban J connectivity index is 2.50. The van der Waals surface area contributed by atoms with Gasteiger partial charge >= 0.3 is 0 Å². The summed E-state index contributed by atoms with van der Waals surface area (Å²) in [5, 5.41) is 3.46. The second-order valence-electron chi connectivity index (χ2n) is 5.16. The van der Waals surface area contributed by atoms with Crippen molar-refractivity contribution in [2.75, 3.05) is 13.7 Å². The zero-order chi connectivity index (χ0) is 13.5. The van der Waals surface area contributed by atoms with Crippen LogP contribution in [0.15, 0.2) is 22.7 Å². The summed E-state index contributed by atoms with van der Waals surface area (Å²) in [6.45, 7) is 7.75. The average Bonchev–Trinajstić information content (AvgIpc) is 2.31. The van der Waals surface area contributed by atoms with E-state index in [2.05, 4.69) is 54.2 Å². The number of hydrogen-bond acceptors (Lipinski definition) is 2. The molecule has 0 amide bonds. The van der Waals surface area contributed by atoms with Crippen molar-refractivity contribution in [3.63, 3.8) is 0 Å². The Morgan fingerprint density at radius 2 is 2.00 bits per heavy atom. The van der Waals surface area contributed by atoms with Gasteiger partial charge in [-0.25, -0.2) is 0 Å². The van der Waals surface area contributed by atoms with Crippen molar-refractivity contribution in [2.45, 2.75) is 39.7 Å². The Morgan fingerprint density at radius 1 is 1.28 bits per heavy atom. The van der Waals surface area contributed by atoms with Gasteiger partial charge in [0.25, 0.3) is 0 Å². The topological polar surface area (TPSA) is 21.3 Å². The molecule has 102 valence electrons. The molecule has 0 heterocycles. The number of hydrogen-bond donors (Lipinski definition) is 1. The van der Waals surface area contributed by atoms with E-state index < -0.39 is 0 Å². The predicted octanol–water partition coefficient (Wildman–Crippen LogP) is 4.02. The molecule has 0 aliphatic rings. The fraction of sp³-hybridized carbons (Fsp3) is 0.600. The third-order valence-corrected chi connectivity index (χ3v) is 3.78. The minimum absolute atomic E-state index is 0.570. The van der Waals surface area contributed by atoms with Crippen molar-refractivity contribution < 1.29 is 4.74 Å².